The quantitative estimate of drug-likeness (QED) is 0.459. The zero-order valence-corrected chi connectivity index (χ0v) is 17.0. The molecular weight excluding hydrogens is 415 g/mol. The van der Waals surface area contributed by atoms with Gasteiger partial charge in [0.1, 0.15) is 0 Å². The molecule has 2 rings (SSSR count). The first-order valence-corrected chi connectivity index (χ1v) is 12.1. The average Bonchev–Trinajstić information content (AvgIpc) is 2.67. The Labute approximate surface area is 163 Å². The number of hydrogen-bond donors (Lipinski definition) is 2. The summed E-state index contributed by atoms with van der Waals surface area (Å²) in [7, 11) is 1.57. The van der Waals surface area contributed by atoms with Gasteiger partial charge < -0.3 is 0 Å². The molecule has 0 aliphatic heterocycles. The molecule has 0 aliphatic carbocycles. The van der Waals surface area contributed by atoms with Gasteiger partial charge >= 0.3 is 163 Å². The predicted octanol–water partition coefficient (Wildman–Crippen LogP) is 1.48. The molecule has 0 aromatic heterocycles. The fourth-order valence-corrected chi connectivity index (χ4v) is 6.28. The van der Waals surface area contributed by atoms with E-state index in [9.17, 15) is 9.59 Å². The minimum absolute atomic E-state index is 0.0230. The number of ether oxygens (including phenoxy) is 1. The van der Waals surface area contributed by atoms with Gasteiger partial charge in [-0.3, -0.25) is 0 Å². The predicted molar refractivity (Wildman–Crippen MR) is 107 cm³/mol. The van der Waals surface area contributed by atoms with Crippen LogP contribution in [0.3, 0.4) is 0 Å². The Bertz CT molecular complexity index is 728. The second-order valence-corrected chi connectivity index (χ2v) is 9.58. The first kappa shape index (κ1) is 20.5. The van der Waals surface area contributed by atoms with Crippen LogP contribution in [0, 0.1) is 0 Å². The Morgan fingerprint density at radius 2 is 1.85 bits per heavy atom. The summed E-state index contributed by atoms with van der Waals surface area (Å²) in [5.41, 5.74) is 7.53. The third-order valence-electron chi connectivity index (χ3n) is 3.41. The molecule has 0 aliphatic rings. The number of benzene rings is 2. The minimum atomic E-state index is -0.638. The van der Waals surface area contributed by atoms with Gasteiger partial charge in [-0.25, -0.2) is 0 Å². The summed E-state index contributed by atoms with van der Waals surface area (Å²) in [5, 5.41) is 2.95. The first-order valence-electron chi connectivity index (χ1n) is 8.24. The van der Waals surface area contributed by atoms with Gasteiger partial charge in [-0.2, -0.15) is 0 Å². The molecule has 138 valence electrons. The summed E-state index contributed by atoms with van der Waals surface area (Å²) in [4.78, 5) is 24.1. The summed E-state index contributed by atoms with van der Waals surface area (Å²) in [6, 6.07) is 16.7. The van der Waals surface area contributed by atoms with E-state index in [-0.39, 0.29) is 25.7 Å². The Balaban J connectivity index is 1.90. The third-order valence-corrected chi connectivity index (χ3v) is 7.68. The molecule has 0 radical (unpaired) electrons. The Morgan fingerprint density at radius 3 is 2.58 bits per heavy atom. The van der Waals surface area contributed by atoms with Gasteiger partial charge in [0.05, 0.1) is 0 Å². The van der Waals surface area contributed by atoms with Crippen LogP contribution < -0.4 is 15.5 Å². The number of nitrogens with two attached hydrogens (primary N) is 1. The van der Waals surface area contributed by atoms with Crippen molar-refractivity contribution >= 4 is 40.4 Å². The van der Waals surface area contributed by atoms with Gasteiger partial charge in [0, 0.05) is 0 Å². The molecule has 0 unspecified atom stereocenters. The summed E-state index contributed by atoms with van der Waals surface area (Å²) in [6.07, 6.45) is 0. The van der Waals surface area contributed by atoms with Crippen molar-refractivity contribution < 1.29 is 14.3 Å². The van der Waals surface area contributed by atoms with Crippen LogP contribution >= 0.6 is 10.2 Å². The molecule has 0 bridgehead atoms. The van der Waals surface area contributed by atoms with Crippen molar-refractivity contribution in [2.24, 2.45) is 5.73 Å². The van der Waals surface area contributed by atoms with Crippen molar-refractivity contribution in [3.8, 4) is 0 Å². The van der Waals surface area contributed by atoms with Gasteiger partial charge in [0.2, 0.25) is 0 Å². The summed E-state index contributed by atoms with van der Waals surface area (Å²) >= 11 is -0.0230. The molecule has 2 aromatic carbocycles. The fourth-order valence-electron chi connectivity index (χ4n) is 2.09. The van der Waals surface area contributed by atoms with Crippen LogP contribution in [0.1, 0.15) is 22.8 Å². The van der Waals surface area contributed by atoms with Gasteiger partial charge in [0.15, 0.2) is 0 Å². The number of esters is 1. The van der Waals surface area contributed by atoms with Crippen molar-refractivity contribution in [3.63, 3.8) is 0 Å². The molecule has 3 N–H and O–H groups in total. The molecule has 7 heteroatoms. The molecule has 5 nitrogen and oxygen atoms in total. The number of nitrogens with one attached hydrogen (secondary N) is 1. The van der Waals surface area contributed by atoms with E-state index < -0.39 is 6.04 Å². The monoisotopic (exact) mass is 438 g/mol. The van der Waals surface area contributed by atoms with Crippen LogP contribution in [0.15, 0.2) is 54.6 Å². The molecule has 1 atom stereocenters. The molecule has 0 saturated heterocycles. The van der Waals surface area contributed by atoms with Crippen LogP contribution in [-0.4, -0.2) is 44.1 Å². The van der Waals surface area contributed by atoms with E-state index in [2.05, 4.69) is 5.32 Å². The normalized spacial score (nSPS) is 11.6. The number of hydrogen-bond acceptors (Lipinski definition) is 5. The number of carbonyl (C=O) groups is 2. The van der Waals surface area contributed by atoms with Crippen LogP contribution in [0.4, 0.5) is 0 Å². The van der Waals surface area contributed by atoms with Crippen molar-refractivity contribution in [2.75, 3.05) is 12.4 Å². The van der Waals surface area contributed by atoms with Crippen molar-refractivity contribution in [3.05, 3.63) is 65.7 Å². The zero-order chi connectivity index (χ0) is 18.8. The molecule has 0 fully saturated rings. The van der Waals surface area contributed by atoms with Crippen LogP contribution in [0.5, 0.6) is 0 Å². The van der Waals surface area contributed by atoms with Crippen molar-refractivity contribution in [1.29, 1.82) is 0 Å². The standard InChI is InChI=1S/C19H22N2O3SSe/c1-2-24-19(23)16(20)13-25-26-17-11-7-6-10-15(17)18(22)21-12-14-8-4-3-5-9-14/h3-11,16H,2,12-13,20H2,1H3,(H,21,22)/t16-/m0/s1. The van der Waals surface area contributed by atoms with E-state index in [0.717, 1.165) is 10.0 Å². The van der Waals surface area contributed by atoms with E-state index in [1.165, 1.54) is 0 Å². The van der Waals surface area contributed by atoms with Crippen LogP contribution in [0.25, 0.3) is 0 Å². The van der Waals surface area contributed by atoms with Crippen molar-refractivity contribution in [2.45, 2.75) is 19.5 Å². The molecule has 0 heterocycles. The van der Waals surface area contributed by atoms with Crippen molar-refractivity contribution in [1.82, 2.24) is 5.32 Å². The fraction of sp³-hybridized carbons (Fsp3) is 0.263. The second-order valence-electron chi connectivity index (χ2n) is 5.39. The third kappa shape index (κ3) is 6.50. The maximum absolute atomic E-state index is 12.5. The average molecular weight is 437 g/mol. The van der Waals surface area contributed by atoms with Crippen LogP contribution in [-0.2, 0) is 16.1 Å². The Kier molecular flexibility index (Phi) is 8.71. The topological polar surface area (TPSA) is 81.4 Å². The zero-order valence-electron chi connectivity index (χ0n) is 14.5. The SMILES string of the molecule is CCOC(=O)[C@@H](N)CS[Se]c1ccccc1C(=O)NCc1ccccc1. The van der Waals surface area contributed by atoms with Gasteiger partial charge in [-0.1, -0.05) is 0 Å². The number of carbonyl (C=O) groups excluding carboxylic acids is 2. The molecule has 0 saturated carbocycles. The van der Waals surface area contributed by atoms with Crippen LogP contribution in [0.2, 0.25) is 0 Å². The molecule has 1 amide bonds. The Hall–Kier alpha value is -1.79. The first-order chi connectivity index (χ1) is 12.6. The van der Waals surface area contributed by atoms with E-state index in [0.29, 0.717) is 24.5 Å². The maximum atomic E-state index is 12.5. The molecular formula is C19H22N2O3SSe. The second kappa shape index (κ2) is 11.0. The van der Waals surface area contributed by atoms with E-state index in [1.807, 2.05) is 54.6 Å². The van der Waals surface area contributed by atoms with E-state index in [1.54, 1.807) is 17.1 Å². The molecule has 26 heavy (non-hydrogen) atoms. The summed E-state index contributed by atoms with van der Waals surface area (Å²) in [5.74, 6) is -0.00924. The number of amides is 1. The molecule has 2 aromatic rings. The van der Waals surface area contributed by atoms with Gasteiger partial charge in [-0.05, 0) is 0 Å². The molecule has 0 spiro atoms. The van der Waals surface area contributed by atoms with Gasteiger partial charge in [0.25, 0.3) is 0 Å². The Morgan fingerprint density at radius 1 is 1.15 bits per heavy atom. The number of rotatable bonds is 9. The van der Waals surface area contributed by atoms with Gasteiger partial charge in [-0.15, -0.1) is 0 Å². The van der Waals surface area contributed by atoms with E-state index >= 15 is 0 Å². The summed E-state index contributed by atoms with van der Waals surface area (Å²) < 4.78 is 5.89. The summed E-state index contributed by atoms with van der Waals surface area (Å²) in [6.45, 7) is 2.57. The van der Waals surface area contributed by atoms with E-state index in [4.69, 9.17) is 10.5 Å².